The zero-order valence-corrected chi connectivity index (χ0v) is 13.2. The zero-order chi connectivity index (χ0) is 15.1. The molecule has 0 aliphatic heterocycles. The van der Waals surface area contributed by atoms with Crippen molar-refractivity contribution >= 4 is 21.8 Å². The Kier molecular flexibility index (Phi) is 7.12. The number of amides is 1. The molecule has 1 aromatic rings. The summed E-state index contributed by atoms with van der Waals surface area (Å²) in [6, 6.07) is 4.56. The Labute approximate surface area is 126 Å². The van der Waals surface area contributed by atoms with Crippen molar-refractivity contribution < 1.29 is 19.0 Å². The summed E-state index contributed by atoms with van der Waals surface area (Å²) in [6.45, 7) is 3.93. The third-order valence-corrected chi connectivity index (χ3v) is 3.31. The quantitative estimate of drug-likeness (QED) is 0.823. The van der Waals surface area contributed by atoms with Crippen LogP contribution in [0.25, 0.3) is 0 Å². The first-order chi connectivity index (χ1) is 9.49. The molecule has 0 bridgehead atoms. The van der Waals surface area contributed by atoms with E-state index in [0.29, 0.717) is 12.2 Å². The maximum atomic E-state index is 13.7. The second kappa shape index (κ2) is 8.34. The number of halogens is 2. The maximum absolute atomic E-state index is 13.7. The Morgan fingerprint density at radius 1 is 1.55 bits per heavy atom. The molecule has 6 heteroatoms. The molecule has 0 aliphatic carbocycles. The lowest BCUT2D eigenvalue weighted by atomic mass is 10.2. The van der Waals surface area contributed by atoms with Gasteiger partial charge in [0, 0.05) is 29.7 Å². The van der Waals surface area contributed by atoms with Crippen LogP contribution < -0.4 is 0 Å². The van der Waals surface area contributed by atoms with Gasteiger partial charge in [0.2, 0.25) is 0 Å². The van der Waals surface area contributed by atoms with Crippen molar-refractivity contribution in [1.82, 2.24) is 4.90 Å². The smallest absolute Gasteiger partial charge is 0.251 e. The SMILES string of the molecule is CCOC(C)C(=O)N(CCO)Cc1cc(Br)ccc1F. The van der Waals surface area contributed by atoms with Crippen molar-refractivity contribution in [3.05, 3.63) is 34.1 Å². The number of ether oxygens (including phenoxy) is 1. The third-order valence-electron chi connectivity index (χ3n) is 2.81. The summed E-state index contributed by atoms with van der Waals surface area (Å²) in [4.78, 5) is 13.6. The summed E-state index contributed by atoms with van der Waals surface area (Å²) in [5.74, 6) is -0.645. The Balaban J connectivity index is 2.86. The monoisotopic (exact) mass is 347 g/mol. The highest BCUT2D eigenvalue weighted by Gasteiger charge is 2.21. The fraction of sp³-hybridized carbons (Fsp3) is 0.500. The molecule has 112 valence electrons. The predicted molar refractivity (Wildman–Crippen MR) is 77.7 cm³/mol. The number of carbonyl (C=O) groups is 1. The molecule has 0 fully saturated rings. The summed E-state index contributed by atoms with van der Waals surface area (Å²) in [5, 5.41) is 9.06. The van der Waals surface area contributed by atoms with Crippen molar-refractivity contribution in [2.45, 2.75) is 26.5 Å². The topological polar surface area (TPSA) is 49.8 Å². The van der Waals surface area contributed by atoms with E-state index in [1.54, 1.807) is 26.0 Å². The molecular weight excluding hydrogens is 329 g/mol. The minimum Gasteiger partial charge on any atom is -0.395 e. The fourth-order valence-electron chi connectivity index (χ4n) is 1.84. The Bertz CT molecular complexity index is 456. The van der Waals surface area contributed by atoms with Crippen LogP contribution >= 0.6 is 15.9 Å². The van der Waals surface area contributed by atoms with Crippen LogP contribution in [-0.4, -0.2) is 41.8 Å². The van der Waals surface area contributed by atoms with Gasteiger partial charge >= 0.3 is 0 Å². The summed E-state index contributed by atoms with van der Waals surface area (Å²) < 4.78 is 19.7. The number of hydrogen-bond acceptors (Lipinski definition) is 3. The summed E-state index contributed by atoms with van der Waals surface area (Å²) in [7, 11) is 0. The van der Waals surface area contributed by atoms with Crippen LogP contribution in [0.3, 0.4) is 0 Å². The first kappa shape index (κ1) is 17.1. The molecule has 1 rings (SSSR count). The molecular formula is C14H19BrFNO3. The molecule has 1 N–H and O–H groups in total. The molecule has 0 radical (unpaired) electrons. The number of aliphatic hydroxyl groups is 1. The standard InChI is InChI=1S/C14H19BrFNO3/c1-3-20-10(2)14(19)17(6-7-18)9-11-8-12(15)4-5-13(11)16/h4-5,8,10,18H,3,6-7,9H2,1-2H3. The Morgan fingerprint density at radius 3 is 2.85 bits per heavy atom. The molecule has 0 heterocycles. The predicted octanol–water partition coefficient (Wildman–Crippen LogP) is 2.33. The first-order valence-electron chi connectivity index (χ1n) is 6.44. The second-order valence-electron chi connectivity index (χ2n) is 4.32. The lowest BCUT2D eigenvalue weighted by Crippen LogP contribution is -2.40. The van der Waals surface area contributed by atoms with Gasteiger partial charge < -0.3 is 14.7 Å². The van der Waals surface area contributed by atoms with E-state index >= 15 is 0 Å². The average Bonchev–Trinajstić information content (AvgIpc) is 2.41. The van der Waals surface area contributed by atoms with Gasteiger partial charge in [-0.05, 0) is 32.0 Å². The molecule has 20 heavy (non-hydrogen) atoms. The van der Waals surface area contributed by atoms with Crippen LogP contribution in [0.1, 0.15) is 19.4 Å². The summed E-state index contributed by atoms with van der Waals surface area (Å²) >= 11 is 3.27. The van der Waals surface area contributed by atoms with E-state index in [1.807, 2.05) is 0 Å². The number of rotatable bonds is 7. The normalized spacial score (nSPS) is 12.2. The minimum atomic E-state index is -0.609. The molecule has 0 saturated carbocycles. The van der Waals surface area contributed by atoms with E-state index in [1.165, 1.54) is 11.0 Å². The number of aliphatic hydroxyl groups excluding tert-OH is 1. The van der Waals surface area contributed by atoms with Crippen LogP contribution in [0.5, 0.6) is 0 Å². The van der Waals surface area contributed by atoms with Crippen LogP contribution in [0.15, 0.2) is 22.7 Å². The largest absolute Gasteiger partial charge is 0.395 e. The van der Waals surface area contributed by atoms with E-state index in [9.17, 15) is 9.18 Å². The maximum Gasteiger partial charge on any atom is 0.251 e. The van der Waals surface area contributed by atoms with Crippen LogP contribution in [0.2, 0.25) is 0 Å². The van der Waals surface area contributed by atoms with E-state index in [-0.39, 0.29) is 31.4 Å². The molecule has 4 nitrogen and oxygen atoms in total. The van der Waals surface area contributed by atoms with Gasteiger partial charge in [-0.2, -0.15) is 0 Å². The molecule has 1 atom stereocenters. The fourth-order valence-corrected chi connectivity index (χ4v) is 2.24. The zero-order valence-electron chi connectivity index (χ0n) is 11.6. The van der Waals surface area contributed by atoms with Gasteiger partial charge in [-0.3, -0.25) is 4.79 Å². The highest BCUT2D eigenvalue weighted by molar-refractivity contribution is 9.10. The van der Waals surface area contributed by atoms with Gasteiger partial charge in [-0.25, -0.2) is 4.39 Å². The lowest BCUT2D eigenvalue weighted by Gasteiger charge is -2.25. The molecule has 1 unspecified atom stereocenters. The molecule has 1 aromatic carbocycles. The number of nitrogens with zero attached hydrogens (tertiary/aromatic N) is 1. The number of carbonyl (C=O) groups excluding carboxylic acids is 1. The van der Waals surface area contributed by atoms with Crippen LogP contribution in [-0.2, 0) is 16.1 Å². The number of benzene rings is 1. The van der Waals surface area contributed by atoms with Crippen LogP contribution in [0.4, 0.5) is 4.39 Å². The molecule has 0 aliphatic rings. The van der Waals surface area contributed by atoms with Crippen LogP contribution in [0, 0.1) is 5.82 Å². The van der Waals surface area contributed by atoms with E-state index in [4.69, 9.17) is 9.84 Å². The van der Waals surface area contributed by atoms with Crippen molar-refractivity contribution in [2.24, 2.45) is 0 Å². The second-order valence-corrected chi connectivity index (χ2v) is 5.23. The van der Waals surface area contributed by atoms with E-state index in [2.05, 4.69) is 15.9 Å². The van der Waals surface area contributed by atoms with Gasteiger partial charge in [0.25, 0.3) is 5.91 Å². The van der Waals surface area contributed by atoms with E-state index < -0.39 is 6.10 Å². The molecule has 1 amide bonds. The van der Waals surface area contributed by atoms with Crippen molar-refractivity contribution in [2.75, 3.05) is 19.8 Å². The van der Waals surface area contributed by atoms with Gasteiger partial charge in [0.15, 0.2) is 0 Å². The highest BCUT2D eigenvalue weighted by Crippen LogP contribution is 2.17. The molecule has 0 spiro atoms. The Morgan fingerprint density at radius 2 is 2.25 bits per heavy atom. The van der Waals surface area contributed by atoms with Gasteiger partial charge in [0.05, 0.1) is 6.61 Å². The van der Waals surface area contributed by atoms with Crippen molar-refractivity contribution in [3.8, 4) is 0 Å². The number of hydrogen-bond donors (Lipinski definition) is 1. The van der Waals surface area contributed by atoms with Crippen molar-refractivity contribution in [3.63, 3.8) is 0 Å². The lowest BCUT2D eigenvalue weighted by molar-refractivity contribution is -0.143. The van der Waals surface area contributed by atoms with Crippen molar-refractivity contribution in [1.29, 1.82) is 0 Å². The third kappa shape index (κ3) is 4.85. The van der Waals surface area contributed by atoms with Gasteiger partial charge in [0.1, 0.15) is 11.9 Å². The summed E-state index contributed by atoms with van der Waals surface area (Å²) in [5.41, 5.74) is 0.393. The minimum absolute atomic E-state index is 0.0993. The highest BCUT2D eigenvalue weighted by atomic mass is 79.9. The van der Waals surface area contributed by atoms with Gasteiger partial charge in [-0.15, -0.1) is 0 Å². The van der Waals surface area contributed by atoms with Gasteiger partial charge in [-0.1, -0.05) is 15.9 Å². The Hall–Kier alpha value is -0.980. The van der Waals surface area contributed by atoms with E-state index in [0.717, 1.165) is 4.47 Å². The molecule has 0 saturated heterocycles. The molecule has 0 aromatic heterocycles. The average molecular weight is 348 g/mol. The first-order valence-corrected chi connectivity index (χ1v) is 7.24. The summed E-state index contributed by atoms with van der Waals surface area (Å²) in [6.07, 6.45) is -0.609.